The SMILES string of the molecule is COc1cc(OC)cc(-c2noc(CN3C=CN4NC(c5ccc(C)c(C)c5)CC4C3=O)n2)c1. The maximum atomic E-state index is 13.2. The molecule has 0 saturated carbocycles. The molecule has 2 aromatic carbocycles. The molecule has 1 saturated heterocycles. The molecule has 1 N–H and O–H groups in total. The molecule has 2 unspecified atom stereocenters. The van der Waals surface area contributed by atoms with Crippen molar-refractivity contribution in [3.05, 3.63) is 71.4 Å². The summed E-state index contributed by atoms with van der Waals surface area (Å²) in [7, 11) is 3.17. The Labute approximate surface area is 197 Å². The Morgan fingerprint density at radius 2 is 1.82 bits per heavy atom. The first-order valence-corrected chi connectivity index (χ1v) is 11.1. The fraction of sp³-hybridized carbons (Fsp3) is 0.320. The third-order valence-corrected chi connectivity index (χ3v) is 6.39. The molecule has 176 valence electrons. The molecule has 0 aliphatic carbocycles. The van der Waals surface area contributed by atoms with Crippen LogP contribution in [-0.4, -0.2) is 46.2 Å². The monoisotopic (exact) mass is 461 g/mol. The normalized spacial score (nSPS) is 19.5. The third-order valence-electron chi connectivity index (χ3n) is 6.39. The first kappa shape index (κ1) is 22.0. The second kappa shape index (κ2) is 8.83. The first-order valence-electron chi connectivity index (χ1n) is 11.1. The molecule has 2 aliphatic heterocycles. The highest BCUT2D eigenvalue weighted by atomic mass is 16.5. The van der Waals surface area contributed by atoms with Gasteiger partial charge >= 0.3 is 0 Å². The van der Waals surface area contributed by atoms with Gasteiger partial charge in [-0.05, 0) is 49.1 Å². The molecule has 1 fully saturated rings. The summed E-state index contributed by atoms with van der Waals surface area (Å²) in [4.78, 5) is 19.3. The third kappa shape index (κ3) is 4.10. The fourth-order valence-electron chi connectivity index (χ4n) is 4.28. The Morgan fingerprint density at radius 1 is 1.06 bits per heavy atom. The summed E-state index contributed by atoms with van der Waals surface area (Å²) >= 11 is 0. The molecule has 0 radical (unpaired) electrons. The van der Waals surface area contributed by atoms with Gasteiger partial charge in [0.15, 0.2) is 0 Å². The van der Waals surface area contributed by atoms with E-state index in [0.29, 0.717) is 35.2 Å². The molecule has 3 aromatic rings. The van der Waals surface area contributed by atoms with Crippen molar-refractivity contribution in [3.8, 4) is 22.9 Å². The van der Waals surface area contributed by atoms with Crippen LogP contribution in [0.5, 0.6) is 11.5 Å². The molecule has 0 bridgehead atoms. The highest BCUT2D eigenvalue weighted by Gasteiger charge is 2.40. The minimum atomic E-state index is -0.290. The van der Waals surface area contributed by atoms with Crippen LogP contribution in [0.2, 0.25) is 0 Å². The van der Waals surface area contributed by atoms with E-state index in [9.17, 15) is 4.79 Å². The molecule has 3 heterocycles. The van der Waals surface area contributed by atoms with E-state index in [-0.39, 0.29) is 24.5 Å². The van der Waals surface area contributed by atoms with Gasteiger partial charge < -0.3 is 23.9 Å². The van der Waals surface area contributed by atoms with Crippen LogP contribution in [0.3, 0.4) is 0 Å². The number of rotatable bonds is 6. The van der Waals surface area contributed by atoms with Crippen molar-refractivity contribution in [2.75, 3.05) is 14.2 Å². The van der Waals surface area contributed by atoms with E-state index >= 15 is 0 Å². The number of methoxy groups -OCH3 is 2. The van der Waals surface area contributed by atoms with Gasteiger partial charge in [0.2, 0.25) is 11.7 Å². The molecule has 34 heavy (non-hydrogen) atoms. The van der Waals surface area contributed by atoms with E-state index in [0.717, 1.165) is 0 Å². The number of fused-ring (bicyclic) bond motifs is 1. The van der Waals surface area contributed by atoms with E-state index < -0.39 is 0 Å². The lowest BCUT2D eigenvalue weighted by Crippen LogP contribution is -2.47. The average Bonchev–Trinajstić information content (AvgIpc) is 3.50. The van der Waals surface area contributed by atoms with Crippen LogP contribution >= 0.6 is 0 Å². The van der Waals surface area contributed by atoms with E-state index in [2.05, 4.69) is 47.6 Å². The maximum absolute atomic E-state index is 13.2. The topological polar surface area (TPSA) is 93.0 Å². The summed E-state index contributed by atoms with van der Waals surface area (Å²) in [5.74, 6) is 1.99. The van der Waals surface area contributed by atoms with Gasteiger partial charge in [-0.3, -0.25) is 4.79 Å². The van der Waals surface area contributed by atoms with Gasteiger partial charge in [-0.2, -0.15) is 4.98 Å². The van der Waals surface area contributed by atoms with Crippen molar-refractivity contribution in [1.29, 1.82) is 0 Å². The second-order valence-corrected chi connectivity index (χ2v) is 8.56. The molecule has 9 heteroatoms. The van der Waals surface area contributed by atoms with E-state index in [4.69, 9.17) is 14.0 Å². The van der Waals surface area contributed by atoms with Crippen LogP contribution in [0.25, 0.3) is 11.4 Å². The van der Waals surface area contributed by atoms with Crippen molar-refractivity contribution < 1.29 is 18.8 Å². The van der Waals surface area contributed by atoms with Gasteiger partial charge in [-0.1, -0.05) is 23.4 Å². The Hall–Kier alpha value is -3.85. The number of ether oxygens (including phenoxy) is 2. The first-order chi connectivity index (χ1) is 16.4. The molecule has 0 spiro atoms. The maximum Gasteiger partial charge on any atom is 0.251 e. The van der Waals surface area contributed by atoms with Gasteiger partial charge in [0.25, 0.3) is 5.91 Å². The number of hydrogen-bond acceptors (Lipinski definition) is 8. The van der Waals surface area contributed by atoms with Gasteiger partial charge in [0.1, 0.15) is 24.1 Å². The number of aryl methyl sites for hydroxylation is 2. The molecule has 2 atom stereocenters. The number of benzene rings is 2. The summed E-state index contributed by atoms with van der Waals surface area (Å²) in [6.45, 7) is 4.40. The van der Waals surface area contributed by atoms with E-state index in [1.165, 1.54) is 16.7 Å². The summed E-state index contributed by atoms with van der Waals surface area (Å²) in [5, 5.41) is 5.97. The number of amides is 1. The Bertz CT molecular complexity index is 1230. The molecular formula is C25H27N5O4. The van der Waals surface area contributed by atoms with E-state index in [1.807, 2.05) is 11.2 Å². The quantitative estimate of drug-likeness (QED) is 0.596. The second-order valence-electron chi connectivity index (χ2n) is 8.56. The van der Waals surface area contributed by atoms with E-state index in [1.54, 1.807) is 43.5 Å². The minimum Gasteiger partial charge on any atom is -0.497 e. The Morgan fingerprint density at radius 3 is 2.53 bits per heavy atom. The summed E-state index contributed by atoms with van der Waals surface area (Å²) in [5.41, 5.74) is 7.83. The number of hydrogen-bond donors (Lipinski definition) is 1. The summed E-state index contributed by atoms with van der Waals surface area (Å²) < 4.78 is 16.1. The predicted octanol–water partition coefficient (Wildman–Crippen LogP) is 3.50. The van der Waals surface area contributed by atoms with Crippen LogP contribution in [0.4, 0.5) is 0 Å². The fourth-order valence-corrected chi connectivity index (χ4v) is 4.28. The molecule has 2 aliphatic rings. The summed E-state index contributed by atoms with van der Waals surface area (Å²) in [6, 6.07) is 11.6. The Balaban J connectivity index is 1.29. The smallest absolute Gasteiger partial charge is 0.251 e. The zero-order valence-electron chi connectivity index (χ0n) is 19.6. The molecule has 5 rings (SSSR count). The standard InChI is InChI=1S/C25H27N5O4/c1-15-5-6-17(9-16(15)2)21-13-22-25(31)29(7-8-30(22)27-21)14-23-26-24(28-34-23)18-10-19(32-3)12-20(11-18)33-4/h5-12,21-22,27H,13-14H2,1-4H3. The van der Waals surface area contributed by atoms with Crippen LogP contribution in [-0.2, 0) is 11.3 Å². The molecule has 1 amide bonds. The van der Waals surface area contributed by atoms with Crippen molar-refractivity contribution in [3.63, 3.8) is 0 Å². The highest BCUT2D eigenvalue weighted by Crippen LogP contribution is 2.32. The molecular weight excluding hydrogens is 434 g/mol. The average molecular weight is 462 g/mol. The van der Waals surface area contributed by atoms with Crippen molar-refractivity contribution in [2.45, 2.75) is 38.9 Å². The lowest BCUT2D eigenvalue weighted by molar-refractivity contribution is -0.135. The summed E-state index contributed by atoms with van der Waals surface area (Å²) in [6.07, 6.45) is 4.31. The number of aromatic nitrogens is 2. The van der Waals surface area contributed by atoms with Crippen LogP contribution in [0.15, 0.2) is 53.3 Å². The van der Waals surface area contributed by atoms with Crippen LogP contribution in [0, 0.1) is 13.8 Å². The van der Waals surface area contributed by atoms with Crippen LogP contribution in [0.1, 0.15) is 35.0 Å². The minimum absolute atomic E-state index is 0.0101. The lowest BCUT2D eigenvalue weighted by atomic mass is 9.97. The Kier molecular flexibility index (Phi) is 5.70. The lowest BCUT2D eigenvalue weighted by Gasteiger charge is -2.30. The highest BCUT2D eigenvalue weighted by molar-refractivity contribution is 5.84. The zero-order valence-corrected chi connectivity index (χ0v) is 19.6. The largest absolute Gasteiger partial charge is 0.497 e. The number of hydrazine groups is 1. The van der Waals surface area contributed by atoms with Gasteiger partial charge in [-0.25, -0.2) is 5.43 Å². The number of carbonyl (C=O) groups is 1. The molecule has 1 aromatic heterocycles. The number of nitrogens with one attached hydrogen (secondary N) is 1. The van der Waals surface area contributed by atoms with Crippen molar-refractivity contribution in [1.82, 2.24) is 25.5 Å². The number of nitrogens with zero attached hydrogens (tertiary/aromatic N) is 4. The molecule has 9 nitrogen and oxygen atoms in total. The van der Waals surface area contributed by atoms with Gasteiger partial charge in [0, 0.05) is 24.0 Å². The van der Waals surface area contributed by atoms with Crippen molar-refractivity contribution >= 4 is 5.91 Å². The number of carbonyl (C=O) groups excluding carboxylic acids is 1. The van der Waals surface area contributed by atoms with Crippen molar-refractivity contribution in [2.24, 2.45) is 0 Å². The predicted molar refractivity (Wildman–Crippen MR) is 125 cm³/mol. The zero-order chi connectivity index (χ0) is 23.8. The van der Waals surface area contributed by atoms with Gasteiger partial charge in [-0.15, -0.1) is 0 Å². The van der Waals surface area contributed by atoms with Crippen LogP contribution < -0.4 is 14.9 Å². The van der Waals surface area contributed by atoms with Gasteiger partial charge in [0.05, 0.1) is 20.3 Å².